The van der Waals surface area contributed by atoms with E-state index in [0.717, 1.165) is 12.0 Å². The first-order valence-corrected chi connectivity index (χ1v) is 11.8. The maximum absolute atomic E-state index is 12.6. The van der Waals surface area contributed by atoms with Crippen molar-refractivity contribution in [1.82, 2.24) is 5.43 Å². The number of nitrogens with one attached hydrogen (secondary N) is 1. The second kappa shape index (κ2) is 14.1. The van der Waals surface area contributed by atoms with E-state index in [1.54, 1.807) is 54.6 Å². The summed E-state index contributed by atoms with van der Waals surface area (Å²) in [6.45, 7) is 6.17. The molecule has 1 N–H and O–H groups in total. The van der Waals surface area contributed by atoms with E-state index in [1.165, 1.54) is 13.3 Å². The second-order valence-corrected chi connectivity index (χ2v) is 7.86. The molecule has 0 fully saturated rings. The highest BCUT2D eigenvalue weighted by Crippen LogP contribution is 2.28. The Bertz CT molecular complexity index is 1240. The normalized spacial score (nSPS) is 10.5. The molecule has 3 rings (SSSR count). The average molecular weight is 503 g/mol. The van der Waals surface area contributed by atoms with Gasteiger partial charge in [0.2, 0.25) is 0 Å². The molecule has 0 unspecified atom stereocenters. The molecule has 3 aromatic carbocycles. The summed E-state index contributed by atoms with van der Waals surface area (Å²) in [6, 6.07) is 19.1. The number of esters is 1. The van der Waals surface area contributed by atoms with E-state index >= 15 is 0 Å². The highest BCUT2D eigenvalue weighted by atomic mass is 16.6. The number of rotatable bonds is 13. The lowest BCUT2D eigenvalue weighted by molar-refractivity contribution is -0.123. The maximum atomic E-state index is 12.6. The van der Waals surface area contributed by atoms with Crippen LogP contribution in [0.25, 0.3) is 0 Å². The number of hydrazone groups is 1. The van der Waals surface area contributed by atoms with Crippen LogP contribution in [0.15, 0.2) is 84.5 Å². The molecule has 0 aliphatic rings. The Hall–Kier alpha value is -4.59. The number of nitrogens with zero attached hydrogens (tertiary/aromatic N) is 1. The maximum Gasteiger partial charge on any atom is 0.343 e. The van der Waals surface area contributed by atoms with Crippen molar-refractivity contribution >= 4 is 18.1 Å². The smallest absolute Gasteiger partial charge is 0.343 e. The van der Waals surface area contributed by atoms with Crippen LogP contribution < -0.4 is 24.4 Å². The van der Waals surface area contributed by atoms with Crippen molar-refractivity contribution in [3.05, 3.63) is 96.1 Å². The van der Waals surface area contributed by atoms with Crippen LogP contribution in [0.1, 0.15) is 34.8 Å². The molecule has 0 aliphatic heterocycles. The molecule has 0 spiro atoms. The van der Waals surface area contributed by atoms with Gasteiger partial charge in [0.05, 0.1) is 25.5 Å². The lowest BCUT2D eigenvalue weighted by Crippen LogP contribution is -2.24. The predicted molar refractivity (Wildman–Crippen MR) is 142 cm³/mol. The van der Waals surface area contributed by atoms with Gasteiger partial charge < -0.3 is 18.9 Å². The zero-order chi connectivity index (χ0) is 26.5. The third-order valence-corrected chi connectivity index (χ3v) is 5.05. The number of ether oxygens (including phenoxy) is 4. The Morgan fingerprint density at radius 3 is 2.49 bits per heavy atom. The first-order valence-electron chi connectivity index (χ1n) is 11.8. The van der Waals surface area contributed by atoms with Crippen LogP contribution >= 0.6 is 0 Å². The molecular weight excluding hydrogens is 472 g/mol. The van der Waals surface area contributed by atoms with Gasteiger partial charge in [0, 0.05) is 0 Å². The summed E-state index contributed by atoms with van der Waals surface area (Å²) in [5, 5.41) is 3.96. The molecule has 192 valence electrons. The van der Waals surface area contributed by atoms with Gasteiger partial charge in [-0.3, -0.25) is 4.79 Å². The number of carbonyl (C=O) groups is 2. The fourth-order valence-electron chi connectivity index (χ4n) is 3.24. The average Bonchev–Trinajstić information content (AvgIpc) is 2.92. The van der Waals surface area contributed by atoms with E-state index in [1.807, 2.05) is 25.1 Å². The Kier molecular flexibility index (Phi) is 10.3. The summed E-state index contributed by atoms with van der Waals surface area (Å²) >= 11 is 0. The molecule has 37 heavy (non-hydrogen) atoms. The van der Waals surface area contributed by atoms with E-state index in [2.05, 4.69) is 17.1 Å². The SMILES string of the molecule is C=CCc1ccccc1OCC(=O)NN=Cc1ccc(OC(=O)c2ccc(OCCC)cc2)c(OC)c1. The minimum absolute atomic E-state index is 0.185. The number of para-hydroxylation sites is 1. The fourth-order valence-corrected chi connectivity index (χ4v) is 3.24. The molecule has 0 radical (unpaired) electrons. The van der Waals surface area contributed by atoms with E-state index in [-0.39, 0.29) is 12.4 Å². The number of benzene rings is 3. The van der Waals surface area contributed by atoms with Gasteiger partial charge in [-0.05, 0) is 72.5 Å². The van der Waals surface area contributed by atoms with Gasteiger partial charge in [0.15, 0.2) is 18.1 Å². The van der Waals surface area contributed by atoms with Crippen molar-refractivity contribution in [2.45, 2.75) is 19.8 Å². The lowest BCUT2D eigenvalue weighted by atomic mass is 10.1. The van der Waals surface area contributed by atoms with Crippen LogP contribution in [0.4, 0.5) is 0 Å². The topological polar surface area (TPSA) is 95.5 Å². The molecule has 0 saturated heterocycles. The third kappa shape index (κ3) is 8.24. The van der Waals surface area contributed by atoms with Crippen molar-refractivity contribution in [3.63, 3.8) is 0 Å². The van der Waals surface area contributed by atoms with Crippen molar-refractivity contribution in [2.75, 3.05) is 20.3 Å². The van der Waals surface area contributed by atoms with Gasteiger partial charge in [-0.15, -0.1) is 6.58 Å². The Morgan fingerprint density at radius 2 is 1.76 bits per heavy atom. The Morgan fingerprint density at radius 1 is 0.973 bits per heavy atom. The summed E-state index contributed by atoms with van der Waals surface area (Å²) in [5.41, 5.74) is 4.38. The summed E-state index contributed by atoms with van der Waals surface area (Å²) in [4.78, 5) is 24.7. The van der Waals surface area contributed by atoms with Crippen molar-refractivity contribution in [1.29, 1.82) is 0 Å². The van der Waals surface area contributed by atoms with Crippen LogP contribution in [0, 0.1) is 0 Å². The molecule has 3 aromatic rings. The molecule has 8 heteroatoms. The third-order valence-electron chi connectivity index (χ3n) is 5.05. The lowest BCUT2D eigenvalue weighted by Gasteiger charge is -2.10. The van der Waals surface area contributed by atoms with Crippen LogP contribution in [0.2, 0.25) is 0 Å². The van der Waals surface area contributed by atoms with E-state index in [9.17, 15) is 9.59 Å². The number of allylic oxidation sites excluding steroid dienone is 1. The van der Waals surface area contributed by atoms with Gasteiger partial charge in [-0.25, -0.2) is 10.2 Å². The van der Waals surface area contributed by atoms with E-state index < -0.39 is 11.9 Å². The number of carbonyl (C=O) groups excluding carboxylic acids is 2. The van der Waals surface area contributed by atoms with Crippen LogP contribution in [0.3, 0.4) is 0 Å². The molecule has 0 saturated carbocycles. The number of amides is 1. The molecule has 8 nitrogen and oxygen atoms in total. The summed E-state index contributed by atoms with van der Waals surface area (Å²) in [7, 11) is 1.47. The van der Waals surface area contributed by atoms with Gasteiger partial charge in [-0.1, -0.05) is 31.2 Å². The highest BCUT2D eigenvalue weighted by Gasteiger charge is 2.13. The van der Waals surface area contributed by atoms with Crippen molar-refractivity contribution in [2.24, 2.45) is 5.10 Å². The van der Waals surface area contributed by atoms with Crippen molar-refractivity contribution in [3.8, 4) is 23.0 Å². The number of hydrogen-bond acceptors (Lipinski definition) is 7. The first-order chi connectivity index (χ1) is 18.0. The van der Waals surface area contributed by atoms with Crippen LogP contribution in [0.5, 0.6) is 23.0 Å². The quantitative estimate of drug-likeness (QED) is 0.117. The minimum atomic E-state index is -0.524. The molecule has 0 heterocycles. The number of hydrogen-bond donors (Lipinski definition) is 1. The van der Waals surface area contributed by atoms with Gasteiger partial charge in [-0.2, -0.15) is 5.10 Å². The Labute approximate surface area is 216 Å². The second-order valence-electron chi connectivity index (χ2n) is 7.86. The molecule has 0 bridgehead atoms. The fraction of sp³-hybridized carbons (Fsp3) is 0.207. The molecule has 0 aliphatic carbocycles. The van der Waals surface area contributed by atoms with Crippen molar-refractivity contribution < 1.29 is 28.5 Å². The zero-order valence-corrected chi connectivity index (χ0v) is 20.9. The van der Waals surface area contributed by atoms with Crippen LogP contribution in [-0.4, -0.2) is 38.4 Å². The minimum Gasteiger partial charge on any atom is -0.494 e. The molecule has 0 atom stereocenters. The summed E-state index contributed by atoms with van der Waals surface area (Å²) < 4.78 is 22.0. The standard InChI is InChI=1S/C29H30N2O6/c1-4-8-22-9-6-7-10-25(22)36-20-28(32)31-30-19-21-11-16-26(27(18-21)34-3)37-29(33)23-12-14-24(15-13-23)35-17-5-2/h4,6-7,9-16,18-19H,1,5,8,17,20H2,2-3H3,(H,31,32). The number of methoxy groups -OCH3 is 1. The first kappa shape index (κ1) is 27.0. The highest BCUT2D eigenvalue weighted by molar-refractivity contribution is 5.92. The zero-order valence-electron chi connectivity index (χ0n) is 20.9. The van der Waals surface area contributed by atoms with Crippen LogP contribution in [-0.2, 0) is 11.2 Å². The summed E-state index contributed by atoms with van der Waals surface area (Å²) in [5.74, 6) is 0.977. The van der Waals surface area contributed by atoms with Gasteiger partial charge >= 0.3 is 5.97 Å². The molecule has 1 amide bonds. The molecular formula is C29H30N2O6. The molecule has 0 aromatic heterocycles. The summed E-state index contributed by atoms with van der Waals surface area (Å²) in [6.07, 6.45) is 4.76. The largest absolute Gasteiger partial charge is 0.494 e. The predicted octanol–water partition coefficient (Wildman–Crippen LogP) is 4.96. The Balaban J connectivity index is 1.55. The van der Waals surface area contributed by atoms with Gasteiger partial charge in [0.1, 0.15) is 11.5 Å². The van der Waals surface area contributed by atoms with Gasteiger partial charge in [0.25, 0.3) is 5.91 Å². The monoisotopic (exact) mass is 502 g/mol. The van der Waals surface area contributed by atoms with E-state index in [4.69, 9.17) is 18.9 Å². The van der Waals surface area contributed by atoms with E-state index in [0.29, 0.717) is 41.4 Å².